The van der Waals surface area contributed by atoms with Gasteiger partial charge in [-0.25, -0.2) is 14.8 Å². The Labute approximate surface area is 175 Å². The Morgan fingerprint density at radius 3 is 2.30 bits per heavy atom. The van der Waals surface area contributed by atoms with Crippen molar-refractivity contribution in [2.24, 2.45) is 0 Å². The molecular formula is C24H21N3O3. The van der Waals surface area contributed by atoms with Crippen molar-refractivity contribution in [3.05, 3.63) is 77.6 Å². The summed E-state index contributed by atoms with van der Waals surface area (Å²) in [4.78, 5) is 20.2. The standard InChI is InChI=1S/C24H21N3O3/c1-2-29-23-26-14-17(15-27-23)8-7-13-25-24(28)30-16-22-20-11-5-3-9-18(20)19-10-4-6-12-21(19)22/h3-6,9-12,14-15,22H,2,13,16H2,1H3,(H,25,28). The highest BCUT2D eigenvalue weighted by Crippen LogP contribution is 2.44. The van der Waals surface area contributed by atoms with Gasteiger partial charge in [0.15, 0.2) is 0 Å². The van der Waals surface area contributed by atoms with Gasteiger partial charge in [-0.3, -0.25) is 0 Å². The van der Waals surface area contributed by atoms with Crippen LogP contribution in [0.2, 0.25) is 0 Å². The average molecular weight is 399 g/mol. The van der Waals surface area contributed by atoms with Gasteiger partial charge in [0, 0.05) is 18.3 Å². The largest absolute Gasteiger partial charge is 0.464 e. The van der Waals surface area contributed by atoms with Crippen LogP contribution < -0.4 is 10.1 Å². The van der Waals surface area contributed by atoms with Crippen LogP contribution in [0.25, 0.3) is 11.1 Å². The molecule has 0 atom stereocenters. The van der Waals surface area contributed by atoms with E-state index in [0.29, 0.717) is 18.2 Å². The SMILES string of the molecule is CCOc1ncc(C#CCNC(=O)OCC2c3ccccc3-c3ccccc32)cn1. The summed E-state index contributed by atoms with van der Waals surface area (Å²) in [5.41, 5.74) is 5.41. The van der Waals surface area contributed by atoms with Gasteiger partial charge in [0.1, 0.15) is 6.61 Å². The van der Waals surface area contributed by atoms with Crippen LogP contribution in [0.5, 0.6) is 6.01 Å². The molecule has 0 saturated carbocycles. The fourth-order valence-electron chi connectivity index (χ4n) is 3.50. The number of fused-ring (bicyclic) bond motifs is 3. The van der Waals surface area contributed by atoms with E-state index in [1.165, 1.54) is 22.3 Å². The van der Waals surface area contributed by atoms with E-state index in [4.69, 9.17) is 9.47 Å². The molecule has 1 aliphatic rings. The van der Waals surface area contributed by atoms with Crippen molar-refractivity contribution < 1.29 is 14.3 Å². The quantitative estimate of drug-likeness (QED) is 0.661. The number of alkyl carbamates (subject to hydrolysis) is 1. The van der Waals surface area contributed by atoms with Crippen LogP contribution in [0.4, 0.5) is 4.79 Å². The first kappa shape index (κ1) is 19.5. The maximum Gasteiger partial charge on any atom is 0.407 e. The molecule has 3 aromatic rings. The lowest BCUT2D eigenvalue weighted by Gasteiger charge is -2.14. The molecule has 30 heavy (non-hydrogen) atoms. The first-order chi connectivity index (χ1) is 14.8. The predicted molar refractivity (Wildman–Crippen MR) is 113 cm³/mol. The monoisotopic (exact) mass is 399 g/mol. The molecule has 1 N–H and O–H groups in total. The Bertz CT molecular complexity index is 1050. The molecule has 1 aromatic heterocycles. The smallest absolute Gasteiger partial charge is 0.407 e. The third-order valence-electron chi connectivity index (χ3n) is 4.80. The Morgan fingerprint density at radius 1 is 1.03 bits per heavy atom. The van der Waals surface area contributed by atoms with Crippen molar-refractivity contribution in [3.63, 3.8) is 0 Å². The summed E-state index contributed by atoms with van der Waals surface area (Å²) in [6.45, 7) is 2.82. The molecule has 0 bridgehead atoms. The molecule has 2 aromatic carbocycles. The van der Waals surface area contributed by atoms with E-state index in [1.807, 2.05) is 31.2 Å². The zero-order valence-electron chi connectivity index (χ0n) is 16.6. The first-order valence-corrected chi connectivity index (χ1v) is 9.79. The van der Waals surface area contributed by atoms with Crippen LogP contribution in [0.15, 0.2) is 60.9 Å². The number of benzene rings is 2. The second kappa shape index (κ2) is 9.10. The van der Waals surface area contributed by atoms with Crippen LogP contribution in [0.3, 0.4) is 0 Å². The number of ether oxygens (including phenoxy) is 2. The minimum Gasteiger partial charge on any atom is -0.464 e. The van der Waals surface area contributed by atoms with Gasteiger partial charge in [-0.2, -0.15) is 0 Å². The van der Waals surface area contributed by atoms with Crippen LogP contribution in [-0.2, 0) is 4.74 Å². The van der Waals surface area contributed by atoms with Crippen molar-refractivity contribution in [2.45, 2.75) is 12.8 Å². The molecule has 150 valence electrons. The molecule has 6 nitrogen and oxygen atoms in total. The van der Waals surface area contributed by atoms with E-state index in [-0.39, 0.29) is 19.1 Å². The Kier molecular flexibility index (Phi) is 5.90. The van der Waals surface area contributed by atoms with E-state index >= 15 is 0 Å². The number of hydrogen-bond donors (Lipinski definition) is 1. The maximum absolute atomic E-state index is 12.1. The van der Waals surface area contributed by atoms with E-state index in [1.54, 1.807) is 12.4 Å². The molecule has 0 fully saturated rings. The van der Waals surface area contributed by atoms with E-state index in [2.05, 4.69) is 51.4 Å². The summed E-state index contributed by atoms with van der Waals surface area (Å²) < 4.78 is 10.7. The van der Waals surface area contributed by atoms with E-state index in [9.17, 15) is 4.79 Å². The second-order valence-corrected chi connectivity index (χ2v) is 6.67. The van der Waals surface area contributed by atoms with Gasteiger partial charge >= 0.3 is 12.1 Å². The predicted octanol–water partition coefficient (Wildman–Crippen LogP) is 3.77. The highest BCUT2D eigenvalue weighted by Gasteiger charge is 2.28. The number of rotatable bonds is 5. The van der Waals surface area contributed by atoms with Gasteiger partial charge in [0.25, 0.3) is 0 Å². The molecule has 1 aliphatic carbocycles. The van der Waals surface area contributed by atoms with Crippen LogP contribution in [0, 0.1) is 11.8 Å². The van der Waals surface area contributed by atoms with Crippen LogP contribution >= 0.6 is 0 Å². The maximum atomic E-state index is 12.1. The molecule has 0 spiro atoms. The zero-order valence-corrected chi connectivity index (χ0v) is 16.6. The number of nitrogens with zero attached hydrogens (tertiary/aromatic N) is 2. The third kappa shape index (κ3) is 4.26. The average Bonchev–Trinajstić information content (AvgIpc) is 3.10. The van der Waals surface area contributed by atoms with Gasteiger partial charge in [-0.15, -0.1) is 0 Å². The topological polar surface area (TPSA) is 73.3 Å². The minimum absolute atomic E-state index is 0.0373. The van der Waals surface area contributed by atoms with E-state index < -0.39 is 6.09 Å². The summed E-state index contributed by atoms with van der Waals surface area (Å²) in [5.74, 6) is 5.79. The normalized spacial score (nSPS) is 11.6. The van der Waals surface area contributed by atoms with Crippen molar-refractivity contribution in [3.8, 4) is 29.0 Å². The molecular weight excluding hydrogens is 378 g/mol. The highest BCUT2D eigenvalue weighted by molar-refractivity contribution is 5.79. The number of aromatic nitrogens is 2. The number of carbonyl (C=O) groups excluding carboxylic acids is 1. The fourth-order valence-corrected chi connectivity index (χ4v) is 3.50. The highest BCUT2D eigenvalue weighted by atomic mass is 16.5. The summed E-state index contributed by atoms with van der Waals surface area (Å²) in [6, 6.07) is 16.8. The molecule has 0 radical (unpaired) electrons. The number of nitrogens with one attached hydrogen (secondary N) is 1. The molecule has 1 amide bonds. The summed E-state index contributed by atoms with van der Waals surface area (Å²) in [6.07, 6.45) is 2.67. The Hall–Kier alpha value is -3.85. The van der Waals surface area contributed by atoms with Crippen molar-refractivity contribution in [1.82, 2.24) is 15.3 Å². The third-order valence-corrected chi connectivity index (χ3v) is 4.80. The summed E-state index contributed by atoms with van der Waals surface area (Å²) >= 11 is 0. The lowest BCUT2D eigenvalue weighted by Crippen LogP contribution is -2.26. The van der Waals surface area contributed by atoms with Crippen LogP contribution in [0.1, 0.15) is 29.5 Å². The summed E-state index contributed by atoms with van der Waals surface area (Å²) in [5, 5.41) is 2.66. The molecule has 1 heterocycles. The Morgan fingerprint density at radius 2 is 1.67 bits per heavy atom. The van der Waals surface area contributed by atoms with Gasteiger partial charge in [-0.1, -0.05) is 60.4 Å². The number of amides is 1. The Balaban J connectivity index is 1.31. The second-order valence-electron chi connectivity index (χ2n) is 6.67. The number of hydrogen-bond acceptors (Lipinski definition) is 5. The molecule has 0 saturated heterocycles. The van der Waals surface area contributed by atoms with E-state index in [0.717, 1.165) is 0 Å². The van der Waals surface area contributed by atoms with Crippen molar-refractivity contribution in [1.29, 1.82) is 0 Å². The molecule has 4 rings (SSSR count). The van der Waals surface area contributed by atoms with Gasteiger partial charge in [0.2, 0.25) is 0 Å². The molecule has 0 aliphatic heterocycles. The minimum atomic E-state index is -0.492. The fraction of sp³-hybridized carbons (Fsp3) is 0.208. The van der Waals surface area contributed by atoms with Gasteiger partial charge in [-0.05, 0) is 29.2 Å². The van der Waals surface area contributed by atoms with Gasteiger partial charge < -0.3 is 14.8 Å². The lowest BCUT2D eigenvalue weighted by atomic mass is 9.98. The number of carbonyl (C=O) groups is 1. The van der Waals surface area contributed by atoms with Crippen LogP contribution in [-0.4, -0.2) is 35.8 Å². The molecule has 0 unspecified atom stereocenters. The first-order valence-electron chi connectivity index (χ1n) is 9.79. The zero-order chi connectivity index (χ0) is 20.8. The lowest BCUT2D eigenvalue weighted by molar-refractivity contribution is 0.144. The van der Waals surface area contributed by atoms with Gasteiger partial charge in [0.05, 0.1) is 18.7 Å². The summed E-state index contributed by atoms with van der Waals surface area (Å²) in [7, 11) is 0. The molecule has 6 heteroatoms. The van der Waals surface area contributed by atoms with Crippen molar-refractivity contribution >= 4 is 6.09 Å². The van der Waals surface area contributed by atoms with Crippen molar-refractivity contribution in [2.75, 3.05) is 19.8 Å².